The van der Waals surface area contributed by atoms with Crippen LogP contribution in [0.15, 0.2) is 18.3 Å². The van der Waals surface area contributed by atoms with Gasteiger partial charge in [-0.1, -0.05) is 18.3 Å². The number of nitrogens with zero attached hydrogens (tertiary/aromatic N) is 2. The fourth-order valence-corrected chi connectivity index (χ4v) is 1.56. The van der Waals surface area contributed by atoms with Gasteiger partial charge in [0.15, 0.2) is 0 Å². The van der Waals surface area contributed by atoms with Crippen molar-refractivity contribution >= 4 is 23.0 Å². The molecule has 1 unspecified atom stereocenters. The van der Waals surface area contributed by atoms with E-state index in [1.165, 1.54) is 0 Å². The van der Waals surface area contributed by atoms with Crippen molar-refractivity contribution in [3.05, 3.63) is 23.9 Å². The van der Waals surface area contributed by atoms with Crippen LogP contribution in [0.25, 0.3) is 0 Å². The van der Waals surface area contributed by atoms with E-state index in [-0.39, 0.29) is 6.04 Å². The second-order valence-electron chi connectivity index (χ2n) is 3.82. The van der Waals surface area contributed by atoms with Gasteiger partial charge in [0, 0.05) is 25.7 Å². The summed E-state index contributed by atoms with van der Waals surface area (Å²) in [6.07, 6.45) is 2.57. The first-order chi connectivity index (χ1) is 7.00. The standard InChI is InChI=1S/C11H17N3S/c1-8-4-5-11(13-7-8)14(3)9(2)6-10(12)15/h4-5,7,9H,6H2,1-3H3,(H2,12,15). The predicted octanol–water partition coefficient (Wildman–Crippen LogP) is 1.89. The minimum atomic E-state index is 0.276. The van der Waals surface area contributed by atoms with E-state index in [9.17, 15) is 0 Å². The molecule has 0 aromatic carbocycles. The molecule has 0 spiro atoms. The number of anilines is 1. The molecule has 0 aliphatic rings. The van der Waals surface area contributed by atoms with Gasteiger partial charge in [0.1, 0.15) is 5.82 Å². The van der Waals surface area contributed by atoms with Crippen LogP contribution >= 0.6 is 12.2 Å². The molecule has 4 heteroatoms. The van der Waals surface area contributed by atoms with Gasteiger partial charge in [0.25, 0.3) is 0 Å². The average molecular weight is 223 g/mol. The SMILES string of the molecule is Cc1ccc(N(C)C(C)CC(N)=S)nc1. The van der Waals surface area contributed by atoms with E-state index in [2.05, 4.69) is 16.8 Å². The third-order valence-electron chi connectivity index (χ3n) is 2.41. The number of aryl methyl sites for hydroxylation is 1. The van der Waals surface area contributed by atoms with E-state index < -0.39 is 0 Å². The minimum absolute atomic E-state index is 0.276. The van der Waals surface area contributed by atoms with Gasteiger partial charge >= 0.3 is 0 Å². The highest BCUT2D eigenvalue weighted by molar-refractivity contribution is 7.80. The highest BCUT2D eigenvalue weighted by Crippen LogP contribution is 2.13. The molecule has 1 atom stereocenters. The molecule has 1 heterocycles. The monoisotopic (exact) mass is 223 g/mol. The molecule has 0 aliphatic carbocycles. The Kier molecular flexibility index (Phi) is 4.03. The van der Waals surface area contributed by atoms with Crippen molar-refractivity contribution in [2.45, 2.75) is 26.3 Å². The molecule has 0 saturated heterocycles. The first kappa shape index (κ1) is 11.9. The zero-order chi connectivity index (χ0) is 11.4. The van der Waals surface area contributed by atoms with Crippen molar-refractivity contribution in [1.82, 2.24) is 4.98 Å². The zero-order valence-corrected chi connectivity index (χ0v) is 10.2. The molecule has 15 heavy (non-hydrogen) atoms. The van der Waals surface area contributed by atoms with Crippen molar-refractivity contribution in [1.29, 1.82) is 0 Å². The van der Waals surface area contributed by atoms with E-state index in [0.29, 0.717) is 11.4 Å². The number of hydrogen-bond acceptors (Lipinski definition) is 3. The van der Waals surface area contributed by atoms with Crippen molar-refractivity contribution in [2.24, 2.45) is 5.73 Å². The maximum atomic E-state index is 5.52. The Morgan fingerprint density at radius 2 is 2.27 bits per heavy atom. The Morgan fingerprint density at radius 3 is 2.73 bits per heavy atom. The molecule has 1 aromatic heterocycles. The van der Waals surface area contributed by atoms with E-state index in [1.807, 2.05) is 32.3 Å². The lowest BCUT2D eigenvalue weighted by molar-refractivity contribution is 0.705. The normalized spacial score (nSPS) is 12.2. The van der Waals surface area contributed by atoms with E-state index in [4.69, 9.17) is 18.0 Å². The molecular formula is C11H17N3S. The summed E-state index contributed by atoms with van der Waals surface area (Å²) in [5.41, 5.74) is 6.68. The number of thiocarbonyl (C=S) groups is 1. The fourth-order valence-electron chi connectivity index (χ4n) is 1.32. The van der Waals surface area contributed by atoms with E-state index >= 15 is 0 Å². The summed E-state index contributed by atoms with van der Waals surface area (Å²) in [5.74, 6) is 0.948. The second-order valence-corrected chi connectivity index (χ2v) is 4.35. The number of aromatic nitrogens is 1. The summed E-state index contributed by atoms with van der Waals surface area (Å²) < 4.78 is 0. The molecule has 1 aromatic rings. The maximum Gasteiger partial charge on any atom is 0.128 e. The number of rotatable bonds is 4. The Balaban J connectivity index is 2.71. The van der Waals surface area contributed by atoms with Crippen LogP contribution < -0.4 is 10.6 Å². The highest BCUT2D eigenvalue weighted by Gasteiger charge is 2.11. The lowest BCUT2D eigenvalue weighted by atomic mass is 10.2. The van der Waals surface area contributed by atoms with Gasteiger partial charge in [-0.3, -0.25) is 0 Å². The molecule has 0 radical (unpaired) electrons. The quantitative estimate of drug-likeness (QED) is 0.792. The van der Waals surface area contributed by atoms with Crippen LogP contribution in [0.2, 0.25) is 0 Å². The van der Waals surface area contributed by atoms with Gasteiger partial charge in [0.2, 0.25) is 0 Å². The van der Waals surface area contributed by atoms with Crippen LogP contribution in [-0.2, 0) is 0 Å². The summed E-state index contributed by atoms with van der Waals surface area (Å²) >= 11 is 4.89. The molecular weight excluding hydrogens is 206 g/mol. The van der Waals surface area contributed by atoms with Gasteiger partial charge < -0.3 is 10.6 Å². The topological polar surface area (TPSA) is 42.1 Å². The molecule has 82 valence electrons. The lowest BCUT2D eigenvalue weighted by Gasteiger charge is -2.25. The van der Waals surface area contributed by atoms with Gasteiger partial charge in [-0.2, -0.15) is 0 Å². The van der Waals surface area contributed by atoms with E-state index in [1.54, 1.807) is 0 Å². The Bertz CT molecular complexity index is 334. The van der Waals surface area contributed by atoms with Crippen LogP contribution in [0, 0.1) is 6.92 Å². The van der Waals surface area contributed by atoms with Crippen LogP contribution in [0.5, 0.6) is 0 Å². The largest absolute Gasteiger partial charge is 0.393 e. The molecule has 0 bridgehead atoms. The van der Waals surface area contributed by atoms with Gasteiger partial charge in [-0.25, -0.2) is 4.98 Å². The predicted molar refractivity (Wildman–Crippen MR) is 68.2 cm³/mol. The van der Waals surface area contributed by atoms with Crippen molar-refractivity contribution < 1.29 is 0 Å². The lowest BCUT2D eigenvalue weighted by Crippen LogP contribution is -2.32. The average Bonchev–Trinajstić information content (AvgIpc) is 2.17. The molecule has 0 fully saturated rings. The molecule has 0 amide bonds. The van der Waals surface area contributed by atoms with Gasteiger partial charge in [0.05, 0.1) is 4.99 Å². The van der Waals surface area contributed by atoms with Crippen LogP contribution in [-0.4, -0.2) is 23.1 Å². The maximum absolute atomic E-state index is 5.52. The highest BCUT2D eigenvalue weighted by atomic mass is 32.1. The second kappa shape index (κ2) is 5.07. The summed E-state index contributed by atoms with van der Waals surface area (Å²) in [5, 5.41) is 0. The third-order valence-corrected chi connectivity index (χ3v) is 2.58. The summed E-state index contributed by atoms with van der Waals surface area (Å²) in [6, 6.07) is 4.33. The van der Waals surface area contributed by atoms with Gasteiger partial charge in [-0.05, 0) is 25.5 Å². The smallest absolute Gasteiger partial charge is 0.128 e. The van der Waals surface area contributed by atoms with Crippen LogP contribution in [0.4, 0.5) is 5.82 Å². The van der Waals surface area contributed by atoms with Crippen LogP contribution in [0.3, 0.4) is 0 Å². The number of pyridine rings is 1. The fraction of sp³-hybridized carbons (Fsp3) is 0.455. The molecule has 0 saturated carbocycles. The number of hydrogen-bond donors (Lipinski definition) is 1. The van der Waals surface area contributed by atoms with Gasteiger partial charge in [-0.15, -0.1) is 0 Å². The van der Waals surface area contributed by atoms with Crippen molar-refractivity contribution in [3.8, 4) is 0 Å². The molecule has 0 aliphatic heterocycles. The summed E-state index contributed by atoms with van der Waals surface area (Å²) in [4.78, 5) is 6.97. The summed E-state index contributed by atoms with van der Waals surface area (Å²) in [7, 11) is 2.00. The molecule has 2 N–H and O–H groups in total. The molecule has 3 nitrogen and oxygen atoms in total. The van der Waals surface area contributed by atoms with Crippen LogP contribution in [0.1, 0.15) is 18.9 Å². The van der Waals surface area contributed by atoms with E-state index in [0.717, 1.165) is 11.4 Å². The Hall–Kier alpha value is -1.16. The summed E-state index contributed by atoms with van der Waals surface area (Å²) in [6.45, 7) is 4.11. The Labute approximate surface area is 96.3 Å². The minimum Gasteiger partial charge on any atom is -0.393 e. The Morgan fingerprint density at radius 1 is 1.60 bits per heavy atom. The van der Waals surface area contributed by atoms with Crippen molar-refractivity contribution in [3.63, 3.8) is 0 Å². The first-order valence-electron chi connectivity index (χ1n) is 4.94. The number of nitrogens with two attached hydrogens (primary N) is 1. The molecule has 1 rings (SSSR count). The van der Waals surface area contributed by atoms with Crippen molar-refractivity contribution in [2.75, 3.05) is 11.9 Å². The third kappa shape index (κ3) is 3.47. The first-order valence-corrected chi connectivity index (χ1v) is 5.35. The zero-order valence-electron chi connectivity index (χ0n) is 9.40.